The van der Waals surface area contributed by atoms with Gasteiger partial charge in [-0.05, 0) is 23.6 Å². The van der Waals surface area contributed by atoms with Crippen molar-refractivity contribution < 1.29 is 39.5 Å². The molecule has 1 heterocycles. The van der Waals surface area contributed by atoms with Gasteiger partial charge in [0.05, 0.1) is 18.2 Å². The fourth-order valence-electron chi connectivity index (χ4n) is 1.99. The minimum Gasteiger partial charge on any atom is -0.548 e. The fraction of sp³-hybridized carbons (Fsp3) is 0.267. The van der Waals surface area contributed by atoms with Crippen LogP contribution in [0.3, 0.4) is 0 Å². The summed E-state index contributed by atoms with van der Waals surface area (Å²) in [5.74, 6) is -0.631. The fourth-order valence-corrected chi connectivity index (χ4v) is 1.99. The summed E-state index contributed by atoms with van der Waals surface area (Å²) in [7, 11) is 0. The molecular weight excluding hydrogens is 277 g/mol. The maximum Gasteiger partial charge on any atom is 1.00 e. The topological polar surface area (TPSA) is 88.8 Å². The number of anilines is 1. The molecule has 0 saturated heterocycles. The molecule has 21 heavy (non-hydrogen) atoms. The normalized spacial score (nSPS) is 10.0. The Hall–Kier alpha value is -1.61. The van der Waals surface area contributed by atoms with Crippen LogP contribution in [-0.2, 0) is 4.79 Å². The Bertz CT molecular complexity index is 665. The van der Waals surface area contributed by atoms with Gasteiger partial charge in [0.1, 0.15) is 17.5 Å². The van der Waals surface area contributed by atoms with Gasteiger partial charge < -0.3 is 15.2 Å². The smallest absolute Gasteiger partial charge is 0.548 e. The molecule has 1 aliphatic heterocycles. The monoisotopic (exact) mass is 291 g/mol. The van der Waals surface area contributed by atoms with Crippen LogP contribution in [0.15, 0.2) is 24.3 Å². The summed E-state index contributed by atoms with van der Waals surface area (Å²) in [6, 6.07) is 9.69. The van der Waals surface area contributed by atoms with E-state index >= 15 is 0 Å². The van der Waals surface area contributed by atoms with E-state index < -0.39 is 5.97 Å². The predicted octanol–water partition coefficient (Wildman–Crippen LogP) is -1.65. The summed E-state index contributed by atoms with van der Waals surface area (Å²) in [4.78, 5) is 14.8. The molecule has 0 aromatic rings. The van der Waals surface area contributed by atoms with E-state index in [-0.39, 0.29) is 41.9 Å². The third-order valence-corrected chi connectivity index (χ3v) is 3.05. The first kappa shape index (κ1) is 17.4. The van der Waals surface area contributed by atoms with Crippen LogP contribution < -0.4 is 40.0 Å². The number of fused-ring (bicyclic) bond motifs is 1. The number of nitrogens with zero attached hydrogens (tertiary/aromatic N) is 2. The van der Waals surface area contributed by atoms with Gasteiger partial charge in [0.15, 0.2) is 0 Å². The Morgan fingerprint density at radius 3 is 2.76 bits per heavy atom. The van der Waals surface area contributed by atoms with E-state index in [9.17, 15) is 15.2 Å². The van der Waals surface area contributed by atoms with Gasteiger partial charge in [-0.3, -0.25) is 0 Å². The molecule has 5 nitrogen and oxygen atoms in total. The molecule has 1 N–H and O–H groups in total. The van der Waals surface area contributed by atoms with Crippen molar-refractivity contribution in [3.05, 3.63) is 35.4 Å². The number of carboxylic acids is 1. The van der Waals surface area contributed by atoms with Crippen LogP contribution in [0.2, 0.25) is 0 Å². The Kier molecular flexibility index (Phi) is 6.16. The Labute approximate surface area is 145 Å². The van der Waals surface area contributed by atoms with Crippen LogP contribution in [0.5, 0.6) is 0 Å². The molecule has 0 fully saturated rings. The molecule has 6 heteroatoms. The summed E-state index contributed by atoms with van der Waals surface area (Å²) in [5, 5.41) is 22.4. The molecule has 2 rings (SSSR count). The molecule has 0 amide bonds. The second-order valence-electron chi connectivity index (χ2n) is 4.80. The maximum absolute atomic E-state index is 10.5. The second kappa shape index (κ2) is 7.41. The van der Waals surface area contributed by atoms with Gasteiger partial charge in [0.2, 0.25) is 0 Å². The first-order valence-corrected chi connectivity index (χ1v) is 6.30. The summed E-state index contributed by atoms with van der Waals surface area (Å²) >= 11 is 0. The number of hydrogen-bond acceptors (Lipinski definition) is 5. The van der Waals surface area contributed by atoms with Gasteiger partial charge in [-0.1, -0.05) is 26.0 Å². The average Bonchev–Trinajstić information content (AvgIpc) is 2.57. The zero-order chi connectivity index (χ0) is 14.7. The van der Waals surface area contributed by atoms with Crippen LogP contribution in [0.4, 0.5) is 5.82 Å². The van der Waals surface area contributed by atoms with Gasteiger partial charge in [0.25, 0.3) is 0 Å². The summed E-state index contributed by atoms with van der Waals surface area (Å²) < 4.78 is 0. The Balaban J connectivity index is 0.00000220. The average molecular weight is 291 g/mol. The zero-order valence-corrected chi connectivity index (χ0v) is 14.3. The number of nitriles is 1. The molecule has 1 aliphatic carbocycles. The van der Waals surface area contributed by atoms with Gasteiger partial charge in [-0.2, -0.15) is 5.26 Å². The van der Waals surface area contributed by atoms with Crippen molar-refractivity contribution in [2.75, 3.05) is 11.9 Å². The van der Waals surface area contributed by atoms with Crippen molar-refractivity contribution >= 4 is 11.8 Å². The van der Waals surface area contributed by atoms with Crippen LogP contribution in [0, 0.1) is 11.3 Å². The molecule has 0 spiro atoms. The second-order valence-corrected chi connectivity index (χ2v) is 4.80. The summed E-state index contributed by atoms with van der Waals surface area (Å²) in [5.41, 5.74) is 2.84. The van der Waals surface area contributed by atoms with E-state index in [1.54, 1.807) is 0 Å². The maximum atomic E-state index is 10.5. The predicted molar refractivity (Wildman–Crippen MR) is 73.2 cm³/mol. The third kappa shape index (κ3) is 3.94. The SMILES string of the molecule is CC(C)c1cccc2nc(NCC(=O)[O-])c(C#N)c-2c1.[Na+]. The molecular formula is C15H14N3NaO2. The van der Waals surface area contributed by atoms with Crippen molar-refractivity contribution in [2.24, 2.45) is 0 Å². The number of carbonyl (C=O) groups excluding carboxylic acids is 1. The first-order chi connectivity index (χ1) is 9.52. The van der Waals surface area contributed by atoms with Crippen LogP contribution in [0.1, 0.15) is 30.9 Å². The van der Waals surface area contributed by atoms with E-state index in [1.165, 1.54) is 0 Å². The number of carbonyl (C=O) groups is 1. The molecule has 0 radical (unpaired) electrons. The van der Waals surface area contributed by atoms with Gasteiger partial charge in [-0.25, -0.2) is 4.98 Å². The number of hydrogen-bond donors (Lipinski definition) is 1. The minimum atomic E-state index is -1.24. The zero-order valence-electron chi connectivity index (χ0n) is 12.3. The molecule has 0 atom stereocenters. The number of nitrogens with one attached hydrogen (secondary N) is 1. The van der Waals surface area contributed by atoms with E-state index in [1.807, 2.05) is 24.3 Å². The van der Waals surface area contributed by atoms with Gasteiger partial charge >= 0.3 is 29.6 Å². The molecule has 2 aliphatic rings. The van der Waals surface area contributed by atoms with Crippen molar-refractivity contribution in [1.29, 1.82) is 5.26 Å². The Morgan fingerprint density at radius 1 is 1.48 bits per heavy atom. The third-order valence-electron chi connectivity index (χ3n) is 3.05. The number of carboxylic acid groups (broad SMARTS) is 1. The van der Waals surface area contributed by atoms with Crippen molar-refractivity contribution in [1.82, 2.24) is 4.98 Å². The first-order valence-electron chi connectivity index (χ1n) is 6.30. The van der Waals surface area contributed by atoms with E-state index in [4.69, 9.17) is 0 Å². The van der Waals surface area contributed by atoms with Gasteiger partial charge in [0, 0.05) is 5.56 Å². The molecule has 0 unspecified atom stereocenters. The summed E-state index contributed by atoms with van der Waals surface area (Å²) in [6.45, 7) is 3.76. The van der Waals surface area contributed by atoms with E-state index in [0.29, 0.717) is 17.2 Å². The van der Waals surface area contributed by atoms with Crippen LogP contribution in [-0.4, -0.2) is 17.5 Å². The largest absolute Gasteiger partial charge is 1.00 e. The van der Waals surface area contributed by atoms with Crippen LogP contribution in [0.25, 0.3) is 11.3 Å². The molecule has 0 aromatic heterocycles. The van der Waals surface area contributed by atoms with Gasteiger partial charge in [-0.15, -0.1) is 0 Å². The molecule has 0 aromatic carbocycles. The number of rotatable bonds is 4. The van der Waals surface area contributed by atoms with Crippen molar-refractivity contribution in [3.63, 3.8) is 0 Å². The standard InChI is InChI=1S/C15H15N3O2.Na/c1-9(2)10-4-3-5-13-11(6-10)12(7-16)15(18-13)17-8-14(19)20;/h3-6,9H,8H2,1-2H3,(H,17,18)(H,19,20);/q;+1/p-1. The van der Waals surface area contributed by atoms with Crippen LogP contribution >= 0.6 is 0 Å². The molecule has 0 saturated carbocycles. The quantitative estimate of drug-likeness (QED) is 0.682. The number of aliphatic carboxylic acids is 1. The summed E-state index contributed by atoms with van der Waals surface area (Å²) in [6.07, 6.45) is 0. The van der Waals surface area contributed by atoms with E-state index in [0.717, 1.165) is 11.1 Å². The molecule has 0 bridgehead atoms. The van der Waals surface area contributed by atoms with E-state index in [2.05, 4.69) is 30.2 Å². The minimum absolute atomic E-state index is 0. The van der Waals surface area contributed by atoms with Crippen molar-refractivity contribution in [3.8, 4) is 17.3 Å². The Morgan fingerprint density at radius 2 is 2.19 bits per heavy atom. The number of aromatic nitrogens is 1. The molecule has 102 valence electrons. The van der Waals surface area contributed by atoms with Crippen molar-refractivity contribution in [2.45, 2.75) is 19.8 Å².